The van der Waals surface area contributed by atoms with Crippen LogP contribution >= 0.6 is 0 Å². The highest BCUT2D eigenvalue weighted by Gasteiger charge is 2.22. The Morgan fingerprint density at radius 2 is 2.30 bits per heavy atom. The molecule has 1 aliphatic carbocycles. The standard InChI is InChI=1S/C15H18FN3O/c1-19-15-4-2-3-14(13(15)9-18-19)17-8-10-5-11(16)7-12(20)6-10/h5-7,9,14,17,20H,2-4,8H2,1H3. The number of aromatic hydroxyl groups is 1. The maximum Gasteiger partial charge on any atom is 0.127 e. The van der Waals surface area contributed by atoms with Crippen molar-refractivity contribution in [1.29, 1.82) is 0 Å². The number of nitrogens with zero attached hydrogens (tertiary/aromatic N) is 2. The molecule has 20 heavy (non-hydrogen) atoms. The van der Waals surface area contributed by atoms with Gasteiger partial charge >= 0.3 is 0 Å². The van der Waals surface area contributed by atoms with Crippen molar-refractivity contribution < 1.29 is 9.50 Å². The molecule has 0 aliphatic heterocycles. The highest BCUT2D eigenvalue weighted by molar-refractivity contribution is 5.29. The lowest BCUT2D eigenvalue weighted by atomic mass is 9.93. The van der Waals surface area contributed by atoms with Gasteiger partial charge in [-0.25, -0.2) is 4.39 Å². The maximum absolute atomic E-state index is 13.2. The third kappa shape index (κ3) is 2.54. The number of aryl methyl sites for hydroxylation is 1. The van der Waals surface area contributed by atoms with Crippen molar-refractivity contribution in [1.82, 2.24) is 15.1 Å². The van der Waals surface area contributed by atoms with Gasteiger partial charge in [-0.1, -0.05) is 0 Å². The van der Waals surface area contributed by atoms with E-state index in [9.17, 15) is 9.50 Å². The molecule has 1 atom stereocenters. The second-order valence-electron chi connectivity index (χ2n) is 5.31. The van der Waals surface area contributed by atoms with E-state index in [-0.39, 0.29) is 11.8 Å². The molecular weight excluding hydrogens is 257 g/mol. The van der Waals surface area contributed by atoms with Crippen LogP contribution in [-0.2, 0) is 20.0 Å². The zero-order valence-corrected chi connectivity index (χ0v) is 11.4. The number of rotatable bonds is 3. The highest BCUT2D eigenvalue weighted by atomic mass is 19.1. The van der Waals surface area contributed by atoms with Crippen LogP contribution in [0.15, 0.2) is 24.4 Å². The molecule has 0 fully saturated rings. The van der Waals surface area contributed by atoms with E-state index in [0.717, 1.165) is 30.9 Å². The van der Waals surface area contributed by atoms with Gasteiger partial charge in [0.15, 0.2) is 0 Å². The van der Waals surface area contributed by atoms with Crippen LogP contribution in [0, 0.1) is 5.82 Å². The van der Waals surface area contributed by atoms with E-state index in [1.165, 1.54) is 17.3 Å². The molecule has 2 N–H and O–H groups in total. The van der Waals surface area contributed by atoms with Crippen LogP contribution in [0.3, 0.4) is 0 Å². The molecule has 0 saturated carbocycles. The first kappa shape index (κ1) is 13.1. The van der Waals surface area contributed by atoms with Gasteiger partial charge in [-0.05, 0) is 37.0 Å². The zero-order chi connectivity index (χ0) is 14.1. The van der Waals surface area contributed by atoms with E-state index in [4.69, 9.17) is 0 Å². The van der Waals surface area contributed by atoms with Gasteiger partial charge < -0.3 is 10.4 Å². The van der Waals surface area contributed by atoms with Gasteiger partial charge in [0.2, 0.25) is 0 Å². The molecule has 3 rings (SSSR count). The molecule has 106 valence electrons. The van der Waals surface area contributed by atoms with Crippen LogP contribution in [0.4, 0.5) is 4.39 Å². The first-order chi connectivity index (χ1) is 9.63. The summed E-state index contributed by atoms with van der Waals surface area (Å²) in [5, 5.41) is 17.1. The van der Waals surface area contributed by atoms with Crippen LogP contribution in [0.5, 0.6) is 5.75 Å². The molecule has 0 bridgehead atoms. The van der Waals surface area contributed by atoms with Crippen molar-refractivity contribution >= 4 is 0 Å². The summed E-state index contributed by atoms with van der Waals surface area (Å²) in [6.45, 7) is 0.532. The average Bonchev–Trinajstić information content (AvgIpc) is 2.78. The first-order valence-corrected chi connectivity index (χ1v) is 6.86. The van der Waals surface area contributed by atoms with Crippen molar-refractivity contribution in [2.24, 2.45) is 7.05 Å². The zero-order valence-electron chi connectivity index (χ0n) is 11.4. The molecule has 0 spiro atoms. The van der Waals surface area contributed by atoms with E-state index < -0.39 is 5.82 Å². The maximum atomic E-state index is 13.2. The minimum Gasteiger partial charge on any atom is -0.508 e. The van der Waals surface area contributed by atoms with Crippen molar-refractivity contribution in [2.75, 3.05) is 0 Å². The van der Waals surface area contributed by atoms with Gasteiger partial charge in [0.05, 0.1) is 6.20 Å². The van der Waals surface area contributed by atoms with Gasteiger partial charge in [-0.15, -0.1) is 0 Å². The Morgan fingerprint density at radius 1 is 1.45 bits per heavy atom. The molecule has 1 heterocycles. The molecular formula is C15H18FN3O. The summed E-state index contributed by atoms with van der Waals surface area (Å²) in [4.78, 5) is 0. The molecule has 4 nitrogen and oxygen atoms in total. The fourth-order valence-corrected chi connectivity index (χ4v) is 2.89. The molecule has 1 aliphatic rings. The number of hydrogen-bond acceptors (Lipinski definition) is 3. The number of benzene rings is 1. The van der Waals surface area contributed by atoms with Gasteiger partial charge in [0.25, 0.3) is 0 Å². The Labute approximate surface area is 117 Å². The van der Waals surface area contributed by atoms with E-state index in [0.29, 0.717) is 6.54 Å². The minimum atomic E-state index is -0.410. The molecule has 1 unspecified atom stereocenters. The van der Waals surface area contributed by atoms with E-state index in [1.54, 1.807) is 6.07 Å². The lowest BCUT2D eigenvalue weighted by molar-refractivity contribution is 0.446. The second kappa shape index (κ2) is 5.25. The normalized spacial score (nSPS) is 18.0. The predicted octanol–water partition coefficient (Wildman–Crippen LogP) is 2.43. The van der Waals surface area contributed by atoms with Gasteiger partial charge in [-0.3, -0.25) is 4.68 Å². The Morgan fingerprint density at radius 3 is 3.10 bits per heavy atom. The summed E-state index contributed by atoms with van der Waals surface area (Å²) in [5.41, 5.74) is 3.26. The van der Waals surface area contributed by atoms with Crippen molar-refractivity contribution in [3.05, 3.63) is 47.0 Å². The number of phenols is 1. The molecule has 2 aromatic rings. The number of fused-ring (bicyclic) bond motifs is 1. The Kier molecular flexibility index (Phi) is 3.44. The highest BCUT2D eigenvalue weighted by Crippen LogP contribution is 2.29. The summed E-state index contributed by atoms with van der Waals surface area (Å²) in [7, 11) is 1.96. The van der Waals surface area contributed by atoms with Crippen LogP contribution in [0.2, 0.25) is 0 Å². The summed E-state index contributed by atoms with van der Waals surface area (Å²) >= 11 is 0. The van der Waals surface area contributed by atoms with Crippen molar-refractivity contribution in [3.8, 4) is 5.75 Å². The van der Waals surface area contributed by atoms with E-state index >= 15 is 0 Å². The predicted molar refractivity (Wildman–Crippen MR) is 73.8 cm³/mol. The summed E-state index contributed by atoms with van der Waals surface area (Å²) in [6, 6.07) is 4.39. The number of aromatic nitrogens is 2. The third-order valence-electron chi connectivity index (χ3n) is 3.87. The number of halogens is 1. The lowest BCUT2D eigenvalue weighted by Gasteiger charge is -2.24. The van der Waals surface area contributed by atoms with Gasteiger partial charge in [0.1, 0.15) is 11.6 Å². The van der Waals surface area contributed by atoms with Crippen LogP contribution in [0.1, 0.15) is 35.7 Å². The van der Waals surface area contributed by atoms with E-state index in [1.807, 2.05) is 17.9 Å². The topological polar surface area (TPSA) is 50.1 Å². The van der Waals surface area contributed by atoms with Crippen LogP contribution in [-0.4, -0.2) is 14.9 Å². The fraction of sp³-hybridized carbons (Fsp3) is 0.400. The molecule has 5 heteroatoms. The molecule has 0 radical (unpaired) electrons. The first-order valence-electron chi connectivity index (χ1n) is 6.86. The van der Waals surface area contributed by atoms with Crippen molar-refractivity contribution in [3.63, 3.8) is 0 Å². The van der Waals surface area contributed by atoms with Crippen LogP contribution < -0.4 is 5.32 Å². The van der Waals surface area contributed by atoms with Crippen LogP contribution in [0.25, 0.3) is 0 Å². The monoisotopic (exact) mass is 275 g/mol. The Bertz CT molecular complexity index is 603. The number of hydrogen-bond donors (Lipinski definition) is 2. The van der Waals surface area contributed by atoms with Crippen molar-refractivity contribution in [2.45, 2.75) is 31.8 Å². The quantitative estimate of drug-likeness (QED) is 0.904. The van der Waals surface area contributed by atoms with Gasteiger partial charge in [-0.2, -0.15) is 5.10 Å². The summed E-state index contributed by atoms with van der Waals surface area (Å²) < 4.78 is 15.2. The average molecular weight is 275 g/mol. The molecule has 0 saturated heterocycles. The number of nitrogens with one attached hydrogen (secondary N) is 1. The molecule has 1 aromatic heterocycles. The summed E-state index contributed by atoms with van der Waals surface area (Å²) in [6.07, 6.45) is 5.15. The summed E-state index contributed by atoms with van der Waals surface area (Å²) in [5.74, 6) is -0.444. The molecule has 1 aromatic carbocycles. The molecule has 0 amide bonds. The number of phenolic OH excluding ortho intramolecular Hbond substituents is 1. The van der Waals surface area contributed by atoms with E-state index in [2.05, 4.69) is 10.4 Å². The Hall–Kier alpha value is -1.88. The lowest BCUT2D eigenvalue weighted by Crippen LogP contribution is -2.25. The third-order valence-corrected chi connectivity index (χ3v) is 3.87. The van der Waals surface area contributed by atoms with Gasteiger partial charge in [0, 0.05) is 37.0 Å². The fourth-order valence-electron chi connectivity index (χ4n) is 2.89. The Balaban J connectivity index is 1.73. The minimum absolute atomic E-state index is 0.0347. The smallest absolute Gasteiger partial charge is 0.127 e. The largest absolute Gasteiger partial charge is 0.508 e. The second-order valence-corrected chi connectivity index (χ2v) is 5.31. The SMILES string of the molecule is Cn1ncc2c1CCCC2NCc1cc(O)cc(F)c1.